The second-order valence-electron chi connectivity index (χ2n) is 8.39. The van der Waals surface area contributed by atoms with E-state index in [4.69, 9.17) is 9.47 Å². The van der Waals surface area contributed by atoms with E-state index in [9.17, 15) is 14.7 Å². The summed E-state index contributed by atoms with van der Waals surface area (Å²) in [7, 11) is 0. The average molecular weight is 452 g/mol. The molecule has 174 valence electrons. The molecular formula is C25H29N3O5. The summed E-state index contributed by atoms with van der Waals surface area (Å²) in [5, 5.41) is 11.1. The quantitative estimate of drug-likeness (QED) is 0.393. The molecule has 1 amide bonds. The van der Waals surface area contributed by atoms with Crippen molar-refractivity contribution in [3.63, 3.8) is 0 Å². The first-order chi connectivity index (χ1) is 16.0. The maximum Gasteiger partial charge on any atom is 0.295 e. The first-order valence-electron chi connectivity index (χ1n) is 11.2. The minimum atomic E-state index is -0.751. The summed E-state index contributed by atoms with van der Waals surface area (Å²) in [6.45, 7) is 7.69. The summed E-state index contributed by atoms with van der Waals surface area (Å²) in [5.41, 5.74) is 1.04. The van der Waals surface area contributed by atoms with Gasteiger partial charge in [-0.05, 0) is 50.2 Å². The van der Waals surface area contributed by atoms with Crippen LogP contribution in [0.3, 0.4) is 0 Å². The van der Waals surface area contributed by atoms with Crippen LogP contribution in [0.2, 0.25) is 0 Å². The van der Waals surface area contributed by atoms with Crippen LogP contribution in [0.1, 0.15) is 31.1 Å². The van der Waals surface area contributed by atoms with Gasteiger partial charge in [0, 0.05) is 37.9 Å². The fourth-order valence-electron chi connectivity index (χ4n) is 4.15. The third-order valence-electron chi connectivity index (χ3n) is 5.77. The Kier molecular flexibility index (Phi) is 7.05. The Labute approximate surface area is 193 Å². The van der Waals surface area contributed by atoms with E-state index in [1.807, 2.05) is 19.9 Å². The summed E-state index contributed by atoms with van der Waals surface area (Å²) in [5.74, 6) is -0.879. The molecule has 2 aliphatic heterocycles. The number of aliphatic hydroxyl groups excluding tert-OH is 1. The van der Waals surface area contributed by atoms with Gasteiger partial charge >= 0.3 is 0 Å². The van der Waals surface area contributed by atoms with Crippen molar-refractivity contribution in [1.29, 1.82) is 0 Å². The van der Waals surface area contributed by atoms with Crippen molar-refractivity contribution >= 4 is 17.4 Å². The fraction of sp³-hybridized carbons (Fsp3) is 0.400. The number of aromatic nitrogens is 1. The molecular weight excluding hydrogens is 422 g/mol. The molecule has 2 saturated heterocycles. The fourth-order valence-corrected chi connectivity index (χ4v) is 4.15. The van der Waals surface area contributed by atoms with Gasteiger partial charge in [0.25, 0.3) is 11.7 Å². The van der Waals surface area contributed by atoms with E-state index in [-0.39, 0.29) is 17.4 Å². The number of ketones is 1. The number of hydrogen-bond acceptors (Lipinski definition) is 7. The van der Waals surface area contributed by atoms with Crippen LogP contribution >= 0.6 is 0 Å². The van der Waals surface area contributed by atoms with Gasteiger partial charge in [-0.25, -0.2) is 0 Å². The molecule has 0 bridgehead atoms. The summed E-state index contributed by atoms with van der Waals surface area (Å²) >= 11 is 0. The molecule has 2 aliphatic rings. The molecule has 2 aromatic rings. The maximum absolute atomic E-state index is 13.1. The topological polar surface area (TPSA) is 92.2 Å². The van der Waals surface area contributed by atoms with Gasteiger partial charge in [0.15, 0.2) is 0 Å². The predicted molar refractivity (Wildman–Crippen MR) is 123 cm³/mol. The van der Waals surface area contributed by atoms with E-state index < -0.39 is 17.7 Å². The van der Waals surface area contributed by atoms with Crippen molar-refractivity contribution in [1.82, 2.24) is 14.8 Å². The average Bonchev–Trinajstić information content (AvgIpc) is 3.08. The van der Waals surface area contributed by atoms with Crippen molar-refractivity contribution in [2.24, 2.45) is 0 Å². The van der Waals surface area contributed by atoms with E-state index in [2.05, 4.69) is 9.88 Å². The first-order valence-corrected chi connectivity index (χ1v) is 11.2. The number of benzene rings is 1. The Morgan fingerprint density at radius 2 is 1.85 bits per heavy atom. The number of aliphatic hydroxyl groups is 1. The standard InChI is InChI=1S/C25H29N3O5/c1-17(2)33-19-8-6-18(7-9-19)23(29)21-22(20-5-3-4-10-26-20)28(25(31)24(21)30)12-11-27-13-15-32-16-14-27/h3-10,17,22,29H,11-16H2,1-2H3. The van der Waals surface area contributed by atoms with Gasteiger partial charge in [-0.1, -0.05) is 6.07 Å². The number of amides is 1. The number of likely N-dealkylation sites (tertiary alicyclic amines) is 1. The van der Waals surface area contributed by atoms with Crippen molar-refractivity contribution < 1.29 is 24.2 Å². The number of rotatable bonds is 7. The smallest absolute Gasteiger partial charge is 0.295 e. The minimum absolute atomic E-state index is 0.0189. The molecule has 8 nitrogen and oxygen atoms in total. The lowest BCUT2D eigenvalue weighted by molar-refractivity contribution is -0.140. The molecule has 8 heteroatoms. The highest BCUT2D eigenvalue weighted by Crippen LogP contribution is 2.38. The van der Waals surface area contributed by atoms with Crippen molar-refractivity contribution in [3.05, 3.63) is 65.5 Å². The summed E-state index contributed by atoms with van der Waals surface area (Å²) in [6.07, 6.45) is 1.64. The molecule has 1 aromatic heterocycles. The number of carbonyl (C=O) groups excluding carboxylic acids is 2. The van der Waals surface area contributed by atoms with Crippen molar-refractivity contribution in [2.75, 3.05) is 39.4 Å². The van der Waals surface area contributed by atoms with E-state index in [0.717, 1.165) is 13.1 Å². The lowest BCUT2D eigenvalue weighted by Gasteiger charge is -2.30. The highest BCUT2D eigenvalue weighted by Gasteiger charge is 2.46. The SMILES string of the molecule is CC(C)Oc1ccc(C(O)=C2C(=O)C(=O)N(CCN3CCOCC3)C2c2ccccn2)cc1. The molecule has 3 heterocycles. The number of pyridine rings is 1. The summed E-state index contributed by atoms with van der Waals surface area (Å²) in [4.78, 5) is 34.2. The second kappa shape index (κ2) is 10.1. The van der Waals surface area contributed by atoms with Gasteiger partial charge in [-0.3, -0.25) is 19.5 Å². The molecule has 0 saturated carbocycles. The van der Waals surface area contributed by atoms with Crippen LogP contribution in [0.15, 0.2) is 54.2 Å². The van der Waals surface area contributed by atoms with Crippen LogP contribution in [0.25, 0.3) is 5.76 Å². The highest BCUT2D eigenvalue weighted by molar-refractivity contribution is 6.46. The zero-order valence-electron chi connectivity index (χ0n) is 18.9. The maximum atomic E-state index is 13.1. The molecule has 1 aromatic carbocycles. The molecule has 0 spiro atoms. The largest absolute Gasteiger partial charge is 0.507 e. The van der Waals surface area contributed by atoms with Crippen LogP contribution in [-0.2, 0) is 14.3 Å². The van der Waals surface area contributed by atoms with E-state index in [1.54, 1.807) is 42.6 Å². The van der Waals surface area contributed by atoms with Gasteiger partial charge in [-0.15, -0.1) is 0 Å². The Morgan fingerprint density at radius 1 is 1.12 bits per heavy atom. The monoisotopic (exact) mass is 451 g/mol. The number of Topliss-reactive ketones (excluding diaryl/α,β-unsaturated/α-hetero) is 1. The lowest BCUT2D eigenvalue weighted by atomic mass is 9.98. The number of nitrogens with zero attached hydrogens (tertiary/aromatic N) is 3. The van der Waals surface area contributed by atoms with Gasteiger partial charge in [-0.2, -0.15) is 0 Å². The van der Waals surface area contributed by atoms with Crippen LogP contribution in [0, 0.1) is 0 Å². The first kappa shape index (κ1) is 22.9. The van der Waals surface area contributed by atoms with E-state index >= 15 is 0 Å². The number of ether oxygens (including phenoxy) is 2. The predicted octanol–water partition coefficient (Wildman–Crippen LogP) is 2.62. The third-order valence-corrected chi connectivity index (χ3v) is 5.77. The number of carbonyl (C=O) groups is 2. The van der Waals surface area contributed by atoms with Crippen LogP contribution in [-0.4, -0.2) is 77.1 Å². The molecule has 1 atom stereocenters. The molecule has 4 rings (SSSR count). The zero-order chi connectivity index (χ0) is 23.4. The van der Waals surface area contributed by atoms with Crippen LogP contribution < -0.4 is 4.74 Å². The van der Waals surface area contributed by atoms with Crippen molar-refractivity contribution in [2.45, 2.75) is 26.0 Å². The highest BCUT2D eigenvalue weighted by atomic mass is 16.5. The van der Waals surface area contributed by atoms with Gasteiger partial charge in [0.1, 0.15) is 17.6 Å². The molecule has 1 unspecified atom stereocenters. The summed E-state index contributed by atoms with van der Waals surface area (Å²) < 4.78 is 11.1. The number of morpholine rings is 1. The molecule has 33 heavy (non-hydrogen) atoms. The number of hydrogen-bond donors (Lipinski definition) is 1. The Balaban J connectivity index is 1.67. The van der Waals surface area contributed by atoms with E-state index in [1.165, 1.54) is 4.90 Å². The van der Waals surface area contributed by atoms with Gasteiger partial charge in [0.2, 0.25) is 0 Å². The minimum Gasteiger partial charge on any atom is -0.507 e. The van der Waals surface area contributed by atoms with Gasteiger partial charge in [0.05, 0.1) is 30.6 Å². The zero-order valence-corrected chi connectivity index (χ0v) is 18.9. The third kappa shape index (κ3) is 5.07. The lowest BCUT2D eigenvalue weighted by Crippen LogP contribution is -2.42. The van der Waals surface area contributed by atoms with Crippen molar-refractivity contribution in [3.8, 4) is 5.75 Å². The van der Waals surface area contributed by atoms with Gasteiger partial charge < -0.3 is 19.5 Å². The molecule has 0 aliphatic carbocycles. The van der Waals surface area contributed by atoms with E-state index in [0.29, 0.717) is 43.3 Å². The van der Waals surface area contributed by atoms with Crippen LogP contribution in [0.4, 0.5) is 0 Å². The Morgan fingerprint density at radius 3 is 2.48 bits per heavy atom. The second-order valence-corrected chi connectivity index (χ2v) is 8.39. The molecule has 1 N–H and O–H groups in total. The Bertz CT molecular complexity index is 1010. The Hall–Kier alpha value is -3.23. The molecule has 0 radical (unpaired) electrons. The molecule has 2 fully saturated rings. The normalized spacial score (nSPS) is 21.1. The van der Waals surface area contributed by atoms with Crippen LogP contribution in [0.5, 0.6) is 5.75 Å². The summed E-state index contributed by atoms with van der Waals surface area (Å²) in [6, 6.07) is 11.4.